The molecule has 0 saturated carbocycles. The molecule has 138 valence electrons. The lowest BCUT2D eigenvalue weighted by Gasteiger charge is -2.15. The van der Waals surface area contributed by atoms with Crippen LogP contribution in [0, 0.1) is 20.8 Å². The molecule has 0 unspecified atom stereocenters. The van der Waals surface area contributed by atoms with E-state index in [4.69, 9.17) is 9.52 Å². The molecule has 1 heterocycles. The first kappa shape index (κ1) is 19.4. The largest absolute Gasteiger partial charge is 0.478 e. The Hall–Kier alpha value is -2.89. The Bertz CT molecular complexity index is 850. The summed E-state index contributed by atoms with van der Waals surface area (Å²) in [5.41, 5.74) is 2.64. The van der Waals surface area contributed by atoms with Gasteiger partial charge in [0.25, 0.3) is 0 Å². The molecule has 0 aliphatic heterocycles. The molecule has 26 heavy (non-hydrogen) atoms. The van der Waals surface area contributed by atoms with Gasteiger partial charge in [-0.3, -0.25) is 9.59 Å². The number of aryl methyl sites for hydroxylation is 3. The van der Waals surface area contributed by atoms with E-state index in [0.29, 0.717) is 17.1 Å². The average Bonchev–Trinajstić information content (AvgIpc) is 2.95. The molecule has 1 aromatic carbocycles. The molecule has 2 aromatic rings. The van der Waals surface area contributed by atoms with Crippen molar-refractivity contribution in [2.24, 2.45) is 0 Å². The minimum Gasteiger partial charge on any atom is -0.478 e. The lowest BCUT2D eigenvalue weighted by Crippen LogP contribution is -2.26. The van der Waals surface area contributed by atoms with Crippen LogP contribution in [0.15, 0.2) is 28.7 Å². The zero-order valence-corrected chi connectivity index (χ0v) is 15.5. The van der Waals surface area contributed by atoms with E-state index in [2.05, 4.69) is 0 Å². The maximum Gasteiger partial charge on any atom is 0.339 e. The number of hydrogen-bond acceptors (Lipinski definition) is 4. The van der Waals surface area contributed by atoms with Gasteiger partial charge in [0.15, 0.2) is 5.78 Å². The third kappa shape index (κ3) is 4.59. The Kier molecular flexibility index (Phi) is 5.97. The van der Waals surface area contributed by atoms with E-state index in [9.17, 15) is 14.4 Å². The highest BCUT2D eigenvalue weighted by atomic mass is 16.4. The molecule has 1 N–H and O–H groups in total. The first-order valence-electron chi connectivity index (χ1n) is 8.36. The maximum atomic E-state index is 12.4. The van der Waals surface area contributed by atoms with Crippen LogP contribution in [0.4, 0.5) is 0 Å². The zero-order chi connectivity index (χ0) is 19.4. The van der Waals surface area contributed by atoms with Crippen LogP contribution in [0.3, 0.4) is 0 Å². The molecule has 0 spiro atoms. The number of rotatable bonds is 7. The van der Waals surface area contributed by atoms with E-state index < -0.39 is 5.97 Å². The number of nitrogens with zero attached hydrogens (tertiary/aromatic N) is 1. The van der Waals surface area contributed by atoms with Crippen LogP contribution in [0.2, 0.25) is 0 Å². The van der Waals surface area contributed by atoms with Gasteiger partial charge in [-0.05, 0) is 38.5 Å². The average molecular weight is 357 g/mol. The van der Waals surface area contributed by atoms with Crippen LogP contribution in [-0.2, 0) is 11.3 Å². The highest BCUT2D eigenvalue weighted by molar-refractivity contribution is 5.99. The number of carboxylic acid groups (broad SMARTS) is 1. The molecule has 0 aliphatic carbocycles. The summed E-state index contributed by atoms with van der Waals surface area (Å²) in [6.07, 6.45) is 0.221. The molecule has 0 aliphatic rings. The standard InChI is InChI=1S/C20H23NO5/c1-12-5-6-13(2)16(9-12)18(22)7-8-19(23)21(4)11-15-10-17(20(24)25)14(3)26-15/h5-6,9-10H,7-8,11H2,1-4H3,(H,24,25). The fourth-order valence-electron chi connectivity index (χ4n) is 2.74. The van der Waals surface area contributed by atoms with Gasteiger partial charge in [-0.15, -0.1) is 0 Å². The number of carbonyl (C=O) groups excluding carboxylic acids is 2. The summed E-state index contributed by atoms with van der Waals surface area (Å²) >= 11 is 0. The third-order valence-corrected chi connectivity index (χ3v) is 4.28. The van der Waals surface area contributed by atoms with Gasteiger partial charge >= 0.3 is 5.97 Å². The minimum atomic E-state index is -1.06. The summed E-state index contributed by atoms with van der Waals surface area (Å²) in [6, 6.07) is 7.10. The summed E-state index contributed by atoms with van der Waals surface area (Å²) in [6.45, 7) is 5.52. The maximum absolute atomic E-state index is 12.4. The number of carbonyl (C=O) groups is 3. The van der Waals surface area contributed by atoms with Crippen LogP contribution in [-0.4, -0.2) is 34.7 Å². The van der Waals surface area contributed by atoms with Crippen LogP contribution < -0.4 is 0 Å². The minimum absolute atomic E-state index is 0.0602. The van der Waals surface area contributed by atoms with Gasteiger partial charge in [-0.2, -0.15) is 0 Å². The van der Waals surface area contributed by atoms with E-state index in [0.717, 1.165) is 11.1 Å². The molecule has 0 saturated heterocycles. The van der Waals surface area contributed by atoms with Crippen LogP contribution in [0.1, 0.15) is 56.2 Å². The molecule has 6 nitrogen and oxygen atoms in total. The Morgan fingerprint density at radius 3 is 2.35 bits per heavy atom. The summed E-state index contributed by atoms with van der Waals surface area (Å²) in [5.74, 6) is -0.620. The molecular weight excluding hydrogens is 334 g/mol. The van der Waals surface area contributed by atoms with Crippen molar-refractivity contribution in [3.63, 3.8) is 0 Å². The Morgan fingerprint density at radius 2 is 1.73 bits per heavy atom. The quantitative estimate of drug-likeness (QED) is 0.766. The number of furan rings is 1. The second-order valence-corrected chi connectivity index (χ2v) is 6.48. The number of Topliss-reactive ketones (excluding diaryl/α,β-unsaturated/α-hetero) is 1. The number of benzene rings is 1. The van der Waals surface area contributed by atoms with Crippen molar-refractivity contribution < 1.29 is 23.9 Å². The number of carboxylic acids is 1. The second kappa shape index (κ2) is 7.99. The number of aromatic carboxylic acids is 1. The van der Waals surface area contributed by atoms with Crippen molar-refractivity contribution in [3.8, 4) is 0 Å². The van der Waals surface area contributed by atoms with E-state index >= 15 is 0 Å². The van der Waals surface area contributed by atoms with Crippen LogP contribution in [0.5, 0.6) is 0 Å². The summed E-state index contributed by atoms with van der Waals surface area (Å²) in [5, 5.41) is 9.04. The van der Waals surface area contributed by atoms with Crippen LogP contribution in [0.25, 0.3) is 0 Å². The van der Waals surface area contributed by atoms with Gasteiger partial charge in [0, 0.05) is 25.5 Å². The summed E-state index contributed by atoms with van der Waals surface area (Å²) in [4.78, 5) is 37.1. The molecule has 0 bridgehead atoms. The van der Waals surface area contributed by atoms with E-state index in [1.165, 1.54) is 11.0 Å². The van der Waals surface area contributed by atoms with Crippen molar-refractivity contribution in [3.05, 3.63) is 58.0 Å². The summed E-state index contributed by atoms with van der Waals surface area (Å²) < 4.78 is 5.38. The van der Waals surface area contributed by atoms with Gasteiger partial charge in [0.05, 0.1) is 6.54 Å². The SMILES string of the molecule is Cc1ccc(C)c(C(=O)CCC(=O)N(C)Cc2cc(C(=O)O)c(C)o2)c1. The molecule has 0 radical (unpaired) electrons. The van der Waals surface area contributed by atoms with E-state index in [1.807, 2.05) is 32.0 Å². The molecule has 1 aromatic heterocycles. The third-order valence-electron chi connectivity index (χ3n) is 4.28. The van der Waals surface area contributed by atoms with Crippen molar-refractivity contribution >= 4 is 17.7 Å². The predicted molar refractivity (Wildman–Crippen MR) is 96.4 cm³/mol. The first-order chi connectivity index (χ1) is 12.2. The molecule has 0 atom stereocenters. The highest BCUT2D eigenvalue weighted by Gasteiger charge is 2.18. The van der Waals surface area contributed by atoms with Gasteiger partial charge in [-0.1, -0.05) is 17.7 Å². The fourth-order valence-corrected chi connectivity index (χ4v) is 2.74. The van der Waals surface area contributed by atoms with E-state index in [1.54, 1.807) is 14.0 Å². The van der Waals surface area contributed by atoms with E-state index in [-0.39, 0.29) is 36.6 Å². The Labute approximate surface area is 152 Å². The lowest BCUT2D eigenvalue weighted by molar-refractivity contribution is -0.130. The highest BCUT2D eigenvalue weighted by Crippen LogP contribution is 2.17. The topological polar surface area (TPSA) is 87.8 Å². The number of hydrogen-bond donors (Lipinski definition) is 1. The zero-order valence-electron chi connectivity index (χ0n) is 15.5. The smallest absolute Gasteiger partial charge is 0.339 e. The van der Waals surface area contributed by atoms with Crippen molar-refractivity contribution in [1.29, 1.82) is 0 Å². The van der Waals surface area contributed by atoms with Gasteiger partial charge in [0.1, 0.15) is 17.1 Å². The predicted octanol–water partition coefficient (Wildman–Crippen LogP) is 3.52. The van der Waals surface area contributed by atoms with Crippen LogP contribution >= 0.6 is 0 Å². The Balaban J connectivity index is 1.95. The van der Waals surface area contributed by atoms with Gasteiger partial charge < -0.3 is 14.4 Å². The molecule has 0 fully saturated rings. The normalized spacial score (nSPS) is 10.6. The monoisotopic (exact) mass is 357 g/mol. The number of amides is 1. The number of ketones is 1. The molecular formula is C20H23NO5. The first-order valence-corrected chi connectivity index (χ1v) is 8.36. The molecule has 6 heteroatoms. The van der Waals surface area contributed by atoms with Crippen molar-refractivity contribution in [2.75, 3.05) is 7.05 Å². The molecule has 2 rings (SSSR count). The second-order valence-electron chi connectivity index (χ2n) is 6.48. The van der Waals surface area contributed by atoms with Gasteiger partial charge in [0.2, 0.25) is 5.91 Å². The fraction of sp³-hybridized carbons (Fsp3) is 0.350. The summed E-state index contributed by atoms with van der Waals surface area (Å²) in [7, 11) is 1.60. The van der Waals surface area contributed by atoms with Crippen molar-refractivity contribution in [1.82, 2.24) is 4.90 Å². The Morgan fingerprint density at radius 1 is 1.04 bits per heavy atom. The van der Waals surface area contributed by atoms with Gasteiger partial charge in [-0.25, -0.2) is 4.79 Å². The lowest BCUT2D eigenvalue weighted by atomic mass is 9.99. The molecule has 1 amide bonds. The van der Waals surface area contributed by atoms with Crippen molar-refractivity contribution in [2.45, 2.75) is 40.2 Å².